The van der Waals surface area contributed by atoms with E-state index in [2.05, 4.69) is 17.2 Å². The molecule has 0 bridgehead atoms. The van der Waals surface area contributed by atoms with Gasteiger partial charge in [0.25, 0.3) is 5.91 Å². The molecule has 3 rings (SSSR count). The van der Waals surface area contributed by atoms with Gasteiger partial charge in [-0.2, -0.15) is 0 Å². The molecule has 0 aliphatic heterocycles. The molecule has 0 atom stereocenters. The Bertz CT molecular complexity index is 1090. The maximum atomic E-state index is 12.7. The minimum absolute atomic E-state index is 0.265. The van der Waals surface area contributed by atoms with Crippen LogP contribution in [0, 0.1) is 0 Å². The van der Waals surface area contributed by atoms with Crippen molar-refractivity contribution in [1.29, 1.82) is 0 Å². The fourth-order valence-corrected chi connectivity index (χ4v) is 2.85. The monoisotopic (exact) mass is 388 g/mol. The Balaban J connectivity index is 1.82. The van der Waals surface area contributed by atoms with Gasteiger partial charge >= 0.3 is 5.97 Å². The van der Waals surface area contributed by atoms with E-state index in [1.165, 1.54) is 13.2 Å². The number of benzene rings is 3. The number of esters is 1. The average Bonchev–Trinajstić information content (AvgIpc) is 2.76. The molecule has 0 fully saturated rings. The van der Waals surface area contributed by atoms with E-state index >= 15 is 0 Å². The third-order valence-corrected chi connectivity index (χ3v) is 4.41. The molecule has 3 aromatic carbocycles. The molecular weight excluding hydrogens is 368 g/mol. The van der Waals surface area contributed by atoms with Gasteiger partial charge in [-0.3, -0.25) is 9.59 Å². The Labute approximate surface area is 168 Å². The summed E-state index contributed by atoms with van der Waals surface area (Å²) in [6.07, 6.45) is 1.20. The number of carbonyl (C=O) groups excluding carboxylic acids is 3. The normalized spacial score (nSPS) is 10.2. The van der Waals surface area contributed by atoms with Crippen LogP contribution in [-0.2, 0) is 16.1 Å². The highest BCUT2D eigenvalue weighted by Crippen LogP contribution is 2.25. The van der Waals surface area contributed by atoms with E-state index in [0.717, 1.165) is 16.3 Å². The second kappa shape index (κ2) is 8.84. The lowest BCUT2D eigenvalue weighted by Gasteiger charge is -2.12. The van der Waals surface area contributed by atoms with E-state index in [4.69, 9.17) is 4.74 Å². The van der Waals surface area contributed by atoms with Crippen molar-refractivity contribution >= 4 is 34.2 Å². The second-order valence-electron chi connectivity index (χ2n) is 6.31. The molecule has 6 nitrogen and oxygen atoms in total. The standard InChI is InChI=1S/C23H20N2O4/c1-3-21(26)24-14-15-8-10-16(11-9-15)22(27)25-20-13-18-7-5-4-6-17(18)12-19(20)23(28)29-2/h3-13H,1,14H2,2H3,(H,24,26)(H,25,27). The number of hydrogen-bond donors (Lipinski definition) is 2. The molecule has 0 aromatic heterocycles. The quantitative estimate of drug-likeness (QED) is 0.498. The first-order chi connectivity index (χ1) is 14.0. The number of amides is 2. The van der Waals surface area contributed by atoms with Crippen LogP contribution in [0.25, 0.3) is 10.8 Å². The van der Waals surface area contributed by atoms with Crippen LogP contribution in [0.5, 0.6) is 0 Å². The summed E-state index contributed by atoms with van der Waals surface area (Å²) in [6, 6.07) is 17.8. The minimum Gasteiger partial charge on any atom is -0.465 e. The van der Waals surface area contributed by atoms with Crippen molar-refractivity contribution in [3.05, 3.63) is 90.0 Å². The lowest BCUT2D eigenvalue weighted by Crippen LogP contribution is -2.20. The lowest BCUT2D eigenvalue weighted by molar-refractivity contribution is -0.116. The molecule has 2 amide bonds. The first-order valence-corrected chi connectivity index (χ1v) is 8.93. The van der Waals surface area contributed by atoms with Crippen molar-refractivity contribution in [2.45, 2.75) is 6.54 Å². The Morgan fingerprint density at radius 3 is 2.28 bits per heavy atom. The van der Waals surface area contributed by atoms with Crippen LogP contribution in [0.3, 0.4) is 0 Å². The topological polar surface area (TPSA) is 84.5 Å². The highest BCUT2D eigenvalue weighted by Gasteiger charge is 2.16. The number of anilines is 1. The van der Waals surface area contributed by atoms with Crippen LogP contribution in [0.4, 0.5) is 5.69 Å². The van der Waals surface area contributed by atoms with Crippen LogP contribution >= 0.6 is 0 Å². The Hall–Kier alpha value is -3.93. The van der Waals surface area contributed by atoms with E-state index in [1.54, 1.807) is 36.4 Å². The van der Waals surface area contributed by atoms with Gasteiger partial charge in [0.15, 0.2) is 0 Å². The molecule has 0 saturated heterocycles. The van der Waals surface area contributed by atoms with Gasteiger partial charge in [-0.05, 0) is 46.7 Å². The van der Waals surface area contributed by atoms with Gasteiger partial charge in [-0.25, -0.2) is 4.79 Å². The van der Waals surface area contributed by atoms with Gasteiger partial charge in [0.1, 0.15) is 0 Å². The summed E-state index contributed by atoms with van der Waals surface area (Å²) in [7, 11) is 1.30. The first kappa shape index (κ1) is 19.8. The SMILES string of the molecule is C=CC(=O)NCc1ccc(C(=O)Nc2cc3ccccc3cc2C(=O)OC)cc1. The van der Waals surface area contributed by atoms with E-state index < -0.39 is 5.97 Å². The Morgan fingerprint density at radius 1 is 1.00 bits per heavy atom. The summed E-state index contributed by atoms with van der Waals surface area (Å²) in [5.74, 6) is -1.15. The summed E-state index contributed by atoms with van der Waals surface area (Å²) in [4.78, 5) is 36.1. The molecule has 146 valence electrons. The Kier molecular flexibility index (Phi) is 6.04. The van der Waals surface area contributed by atoms with Crippen LogP contribution in [-0.4, -0.2) is 24.9 Å². The van der Waals surface area contributed by atoms with Crippen LogP contribution < -0.4 is 10.6 Å². The molecule has 0 unspecified atom stereocenters. The zero-order valence-electron chi connectivity index (χ0n) is 15.9. The molecule has 0 heterocycles. The lowest BCUT2D eigenvalue weighted by atomic mass is 10.0. The number of nitrogens with one attached hydrogen (secondary N) is 2. The fraction of sp³-hybridized carbons (Fsp3) is 0.0870. The predicted molar refractivity (Wildman–Crippen MR) is 112 cm³/mol. The number of carbonyl (C=O) groups is 3. The maximum absolute atomic E-state index is 12.7. The van der Waals surface area contributed by atoms with Crippen molar-refractivity contribution in [3.63, 3.8) is 0 Å². The van der Waals surface area contributed by atoms with E-state index in [1.807, 2.05) is 24.3 Å². The fourth-order valence-electron chi connectivity index (χ4n) is 2.85. The van der Waals surface area contributed by atoms with Crippen LogP contribution in [0.1, 0.15) is 26.3 Å². The molecule has 0 radical (unpaired) electrons. The number of methoxy groups -OCH3 is 1. The van der Waals surface area contributed by atoms with Gasteiger partial charge in [-0.15, -0.1) is 0 Å². The highest BCUT2D eigenvalue weighted by molar-refractivity contribution is 6.10. The van der Waals surface area contributed by atoms with Crippen molar-refractivity contribution in [3.8, 4) is 0 Å². The molecule has 0 aliphatic carbocycles. The second-order valence-corrected chi connectivity index (χ2v) is 6.31. The van der Waals surface area contributed by atoms with Gasteiger partial charge < -0.3 is 15.4 Å². The Morgan fingerprint density at radius 2 is 1.66 bits per heavy atom. The highest BCUT2D eigenvalue weighted by atomic mass is 16.5. The molecular formula is C23H20N2O4. The van der Waals surface area contributed by atoms with Gasteiger partial charge in [0.2, 0.25) is 5.91 Å². The van der Waals surface area contributed by atoms with Gasteiger partial charge in [0.05, 0.1) is 18.4 Å². The number of hydrogen-bond acceptors (Lipinski definition) is 4. The van der Waals surface area contributed by atoms with Gasteiger partial charge in [0, 0.05) is 12.1 Å². The maximum Gasteiger partial charge on any atom is 0.339 e. The summed E-state index contributed by atoms with van der Waals surface area (Å²) >= 11 is 0. The summed E-state index contributed by atoms with van der Waals surface area (Å²) in [5.41, 5.74) is 1.93. The molecule has 29 heavy (non-hydrogen) atoms. The third kappa shape index (κ3) is 4.68. The predicted octanol–water partition coefficient (Wildman–Crippen LogP) is 3.68. The van der Waals surface area contributed by atoms with Crippen molar-refractivity contribution in [2.75, 3.05) is 12.4 Å². The first-order valence-electron chi connectivity index (χ1n) is 8.93. The van der Waals surface area contributed by atoms with Crippen molar-refractivity contribution in [1.82, 2.24) is 5.32 Å². The van der Waals surface area contributed by atoms with Crippen molar-refractivity contribution < 1.29 is 19.1 Å². The molecule has 6 heteroatoms. The average molecular weight is 388 g/mol. The van der Waals surface area contributed by atoms with E-state index in [0.29, 0.717) is 17.8 Å². The number of fused-ring (bicyclic) bond motifs is 1. The van der Waals surface area contributed by atoms with E-state index in [9.17, 15) is 14.4 Å². The zero-order valence-corrected chi connectivity index (χ0v) is 15.9. The minimum atomic E-state index is -0.528. The number of rotatable bonds is 6. The van der Waals surface area contributed by atoms with Crippen LogP contribution in [0.15, 0.2) is 73.3 Å². The summed E-state index contributed by atoms with van der Waals surface area (Å²) in [6.45, 7) is 3.73. The van der Waals surface area contributed by atoms with Gasteiger partial charge in [-0.1, -0.05) is 43.0 Å². The molecule has 2 N–H and O–H groups in total. The van der Waals surface area contributed by atoms with Crippen LogP contribution in [0.2, 0.25) is 0 Å². The molecule has 0 spiro atoms. The molecule has 0 saturated carbocycles. The smallest absolute Gasteiger partial charge is 0.339 e. The summed E-state index contributed by atoms with van der Waals surface area (Å²) in [5, 5.41) is 7.23. The third-order valence-electron chi connectivity index (χ3n) is 4.41. The molecule has 3 aromatic rings. The van der Waals surface area contributed by atoms with E-state index in [-0.39, 0.29) is 17.4 Å². The zero-order chi connectivity index (χ0) is 20.8. The molecule has 0 aliphatic rings. The largest absolute Gasteiger partial charge is 0.465 e. The number of ether oxygens (including phenoxy) is 1. The summed E-state index contributed by atoms with van der Waals surface area (Å²) < 4.78 is 4.85. The van der Waals surface area contributed by atoms with Crippen molar-refractivity contribution in [2.24, 2.45) is 0 Å².